The summed E-state index contributed by atoms with van der Waals surface area (Å²) in [4.78, 5) is 9.68. The van der Waals surface area contributed by atoms with Gasteiger partial charge in [-0.05, 0) is 35.1 Å². The summed E-state index contributed by atoms with van der Waals surface area (Å²) in [5, 5.41) is 0. The first kappa shape index (κ1) is 20.5. The van der Waals surface area contributed by atoms with Crippen LogP contribution in [0.2, 0.25) is 0 Å². The number of hydrogen-bond acceptors (Lipinski definition) is 4. The van der Waals surface area contributed by atoms with Crippen LogP contribution in [0.25, 0.3) is 11.4 Å². The van der Waals surface area contributed by atoms with Gasteiger partial charge < -0.3 is 9.47 Å². The molecule has 0 aromatic carbocycles. The Kier molecular flexibility index (Phi) is 6.20. The Balaban J connectivity index is 2.44. The number of pyridine rings is 2. The van der Waals surface area contributed by atoms with Gasteiger partial charge in [0.15, 0.2) is 0 Å². The smallest absolute Gasteiger partial charge is 0.104 e. The highest BCUT2D eigenvalue weighted by molar-refractivity contribution is 5.54. The molecular weight excluding hydrogens is 324 g/mol. The molecule has 0 radical (unpaired) electrons. The van der Waals surface area contributed by atoms with E-state index in [1.165, 1.54) is 0 Å². The van der Waals surface area contributed by atoms with Crippen molar-refractivity contribution < 1.29 is 9.47 Å². The molecule has 2 heterocycles. The van der Waals surface area contributed by atoms with Gasteiger partial charge in [-0.2, -0.15) is 0 Å². The van der Waals surface area contributed by atoms with Crippen LogP contribution in [0, 0.1) is 10.8 Å². The lowest BCUT2D eigenvalue weighted by atomic mass is 9.86. The standard InChI is InChI=1S/C22H32N2O2/c1-21(2,3)19(25-7)17-13-9-11-15(23-17)16-12-10-14-18(24-16)20(26-8)22(4,5)6/h9-14,19-20H,1-8H3/t19-,20-/m1/s1. The van der Waals surface area contributed by atoms with Crippen LogP contribution < -0.4 is 0 Å². The molecule has 0 saturated heterocycles. The first-order valence-corrected chi connectivity index (χ1v) is 9.08. The summed E-state index contributed by atoms with van der Waals surface area (Å²) in [6.45, 7) is 12.9. The third-order valence-electron chi connectivity index (χ3n) is 4.39. The Hall–Kier alpha value is -1.78. The predicted octanol–water partition coefficient (Wildman–Crippen LogP) is 5.61. The fraction of sp³-hybridized carbons (Fsp3) is 0.545. The molecule has 2 rings (SSSR count). The highest BCUT2D eigenvalue weighted by Crippen LogP contribution is 2.36. The molecule has 0 unspecified atom stereocenters. The van der Waals surface area contributed by atoms with Crippen molar-refractivity contribution in [3.8, 4) is 11.4 Å². The summed E-state index contributed by atoms with van der Waals surface area (Å²) in [7, 11) is 3.46. The second-order valence-corrected chi connectivity index (χ2v) is 8.86. The van der Waals surface area contributed by atoms with Crippen molar-refractivity contribution in [3.05, 3.63) is 47.8 Å². The fourth-order valence-corrected chi connectivity index (χ4v) is 3.32. The van der Waals surface area contributed by atoms with Crippen molar-refractivity contribution in [2.45, 2.75) is 53.8 Å². The monoisotopic (exact) mass is 356 g/mol. The Morgan fingerprint density at radius 3 is 1.27 bits per heavy atom. The summed E-state index contributed by atoms with van der Waals surface area (Å²) in [6, 6.07) is 12.0. The molecule has 0 saturated carbocycles. The lowest BCUT2D eigenvalue weighted by Gasteiger charge is -2.29. The van der Waals surface area contributed by atoms with E-state index in [4.69, 9.17) is 19.4 Å². The molecule has 4 nitrogen and oxygen atoms in total. The molecule has 0 aliphatic rings. The van der Waals surface area contributed by atoms with Crippen molar-refractivity contribution in [2.75, 3.05) is 14.2 Å². The highest BCUT2D eigenvalue weighted by atomic mass is 16.5. The van der Waals surface area contributed by atoms with Gasteiger partial charge in [0.25, 0.3) is 0 Å². The minimum atomic E-state index is -0.0769. The lowest BCUT2D eigenvalue weighted by molar-refractivity contribution is 0.0119. The van der Waals surface area contributed by atoms with E-state index >= 15 is 0 Å². The molecule has 2 atom stereocenters. The Bertz CT molecular complexity index is 666. The van der Waals surface area contributed by atoms with E-state index in [-0.39, 0.29) is 23.0 Å². The molecule has 0 amide bonds. The van der Waals surface area contributed by atoms with Crippen molar-refractivity contribution >= 4 is 0 Å². The number of rotatable bonds is 5. The second-order valence-electron chi connectivity index (χ2n) is 8.86. The average molecular weight is 357 g/mol. The van der Waals surface area contributed by atoms with Gasteiger partial charge >= 0.3 is 0 Å². The Morgan fingerprint density at radius 1 is 0.654 bits per heavy atom. The zero-order valence-corrected chi connectivity index (χ0v) is 17.3. The zero-order valence-electron chi connectivity index (χ0n) is 17.3. The van der Waals surface area contributed by atoms with Crippen LogP contribution in [0.5, 0.6) is 0 Å². The van der Waals surface area contributed by atoms with Gasteiger partial charge in [-0.1, -0.05) is 53.7 Å². The van der Waals surface area contributed by atoms with Crippen LogP contribution in [-0.2, 0) is 9.47 Å². The Morgan fingerprint density at radius 2 is 1.00 bits per heavy atom. The Labute approximate surface area is 158 Å². The van der Waals surface area contributed by atoms with Crippen molar-refractivity contribution in [1.82, 2.24) is 9.97 Å². The predicted molar refractivity (Wildman–Crippen MR) is 106 cm³/mol. The van der Waals surface area contributed by atoms with Crippen LogP contribution in [-0.4, -0.2) is 24.2 Å². The van der Waals surface area contributed by atoms with E-state index in [0.29, 0.717) is 0 Å². The van der Waals surface area contributed by atoms with Crippen LogP contribution in [0.15, 0.2) is 36.4 Å². The fourth-order valence-electron chi connectivity index (χ4n) is 3.32. The van der Waals surface area contributed by atoms with Gasteiger partial charge in [0, 0.05) is 14.2 Å². The summed E-state index contributed by atoms with van der Waals surface area (Å²) in [5.41, 5.74) is 3.46. The number of nitrogens with zero attached hydrogens (tertiary/aromatic N) is 2. The van der Waals surface area contributed by atoms with Gasteiger partial charge in [-0.3, -0.25) is 0 Å². The van der Waals surface area contributed by atoms with Crippen molar-refractivity contribution in [3.63, 3.8) is 0 Å². The van der Waals surface area contributed by atoms with E-state index in [2.05, 4.69) is 41.5 Å². The molecule has 26 heavy (non-hydrogen) atoms. The van der Waals surface area contributed by atoms with E-state index < -0.39 is 0 Å². The molecule has 0 aliphatic heterocycles. The zero-order chi connectivity index (χ0) is 19.5. The first-order valence-electron chi connectivity index (χ1n) is 9.08. The molecule has 2 aromatic rings. The quantitative estimate of drug-likeness (QED) is 0.698. The van der Waals surface area contributed by atoms with Crippen LogP contribution in [0.3, 0.4) is 0 Å². The topological polar surface area (TPSA) is 44.2 Å². The molecule has 142 valence electrons. The number of ether oxygens (including phenoxy) is 2. The number of methoxy groups -OCH3 is 2. The molecule has 0 fully saturated rings. The van der Waals surface area contributed by atoms with Gasteiger partial charge in [-0.25, -0.2) is 9.97 Å². The van der Waals surface area contributed by atoms with Crippen LogP contribution in [0.1, 0.15) is 65.1 Å². The van der Waals surface area contributed by atoms with Crippen LogP contribution >= 0.6 is 0 Å². The molecule has 4 heteroatoms. The third-order valence-corrected chi connectivity index (χ3v) is 4.39. The van der Waals surface area contributed by atoms with Crippen LogP contribution in [0.4, 0.5) is 0 Å². The minimum Gasteiger partial charge on any atom is -0.375 e. The summed E-state index contributed by atoms with van der Waals surface area (Å²) in [5.74, 6) is 0. The maximum atomic E-state index is 5.71. The highest BCUT2D eigenvalue weighted by Gasteiger charge is 2.29. The molecule has 0 bridgehead atoms. The van der Waals surface area contributed by atoms with Crippen molar-refractivity contribution in [2.24, 2.45) is 10.8 Å². The first-order chi connectivity index (χ1) is 12.1. The van der Waals surface area contributed by atoms with E-state index in [9.17, 15) is 0 Å². The summed E-state index contributed by atoms with van der Waals surface area (Å²) < 4.78 is 11.4. The second kappa shape index (κ2) is 7.85. The SMILES string of the molecule is CO[C@H](c1cccc(-c2cccc([C@@H](OC)C(C)(C)C)n2)n1)C(C)(C)C. The van der Waals surface area contributed by atoms with Gasteiger partial charge in [0.2, 0.25) is 0 Å². The lowest BCUT2D eigenvalue weighted by Crippen LogP contribution is -2.22. The maximum absolute atomic E-state index is 5.71. The largest absolute Gasteiger partial charge is 0.375 e. The molecule has 2 aromatic heterocycles. The molecular formula is C22H32N2O2. The third kappa shape index (κ3) is 4.68. The maximum Gasteiger partial charge on any atom is 0.104 e. The van der Waals surface area contributed by atoms with Gasteiger partial charge in [-0.15, -0.1) is 0 Å². The average Bonchev–Trinajstić information content (AvgIpc) is 2.54. The summed E-state index contributed by atoms with van der Waals surface area (Å²) in [6.07, 6.45) is -0.154. The number of aromatic nitrogens is 2. The molecule has 0 N–H and O–H groups in total. The minimum absolute atomic E-state index is 0.0387. The van der Waals surface area contributed by atoms with Gasteiger partial charge in [0.1, 0.15) is 12.2 Å². The van der Waals surface area contributed by atoms with E-state index in [1.54, 1.807) is 14.2 Å². The van der Waals surface area contributed by atoms with E-state index in [1.807, 2.05) is 36.4 Å². The number of hydrogen-bond donors (Lipinski definition) is 0. The molecule has 0 aliphatic carbocycles. The molecule has 0 spiro atoms. The van der Waals surface area contributed by atoms with Gasteiger partial charge in [0.05, 0.1) is 22.8 Å². The normalized spacial score (nSPS) is 14.9. The summed E-state index contributed by atoms with van der Waals surface area (Å²) >= 11 is 0. The van der Waals surface area contributed by atoms with E-state index in [0.717, 1.165) is 22.8 Å². The van der Waals surface area contributed by atoms with Crippen molar-refractivity contribution in [1.29, 1.82) is 0 Å².